The third kappa shape index (κ3) is 3.94. The molecule has 0 unspecified atom stereocenters. The molecule has 116 valence electrons. The Morgan fingerprint density at radius 1 is 1.23 bits per heavy atom. The van der Waals surface area contributed by atoms with Gasteiger partial charge < -0.3 is 14.9 Å². The number of aromatic carboxylic acids is 1. The minimum absolute atomic E-state index is 0.0673. The van der Waals surface area contributed by atoms with Crippen molar-refractivity contribution in [2.75, 3.05) is 0 Å². The zero-order chi connectivity index (χ0) is 16.1. The van der Waals surface area contributed by atoms with E-state index in [1.165, 1.54) is 12.1 Å². The predicted octanol–water partition coefficient (Wildman–Crippen LogP) is 2.24. The number of amides is 1. The first-order valence-corrected chi connectivity index (χ1v) is 6.98. The summed E-state index contributed by atoms with van der Waals surface area (Å²) >= 11 is 0. The largest absolute Gasteiger partial charge is 0.478 e. The van der Waals surface area contributed by atoms with Gasteiger partial charge in [0.05, 0.1) is 11.3 Å². The predicted molar refractivity (Wildman–Crippen MR) is 79.5 cm³/mol. The average Bonchev–Trinajstić information content (AvgIpc) is 2.82. The van der Waals surface area contributed by atoms with Gasteiger partial charge in [0.25, 0.3) is 0 Å². The lowest BCUT2D eigenvalue weighted by molar-refractivity contribution is -0.121. The van der Waals surface area contributed by atoms with Crippen LogP contribution >= 0.6 is 0 Å². The van der Waals surface area contributed by atoms with Gasteiger partial charge in [-0.25, -0.2) is 4.79 Å². The van der Waals surface area contributed by atoms with Gasteiger partial charge in [-0.3, -0.25) is 4.79 Å². The number of rotatable bonds is 6. The molecule has 22 heavy (non-hydrogen) atoms. The van der Waals surface area contributed by atoms with Gasteiger partial charge in [0, 0.05) is 18.5 Å². The summed E-state index contributed by atoms with van der Waals surface area (Å²) in [5.74, 6) is -0.285. The number of hydrogen-bond acceptors (Lipinski definition) is 4. The Kier molecular flexibility index (Phi) is 4.93. The Bertz CT molecular complexity index is 654. The summed E-state index contributed by atoms with van der Waals surface area (Å²) in [6, 6.07) is 6.43. The maximum absolute atomic E-state index is 11.9. The summed E-state index contributed by atoms with van der Waals surface area (Å²) in [7, 11) is 0. The van der Waals surface area contributed by atoms with Crippen molar-refractivity contribution in [2.24, 2.45) is 0 Å². The van der Waals surface area contributed by atoms with E-state index in [9.17, 15) is 9.59 Å². The number of carboxylic acids is 1. The number of carbonyl (C=O) groups excluding carboxylic acids is 1. The molecule has 1 heterocycles. The van der Waals surface area contributed by atoms with Gasteiger partial charge in [-0.15, -0.1) is 0 Å². The topological polar surface area (TPSA) is 92.4 Å². The minimum Gasteiger partial charge on any atom is -0.478 e. The number of aromatic nitrogens is 1. The van der Waals surface area contributed by atoms with Crippen molar-refractivity contribution in [1.82, 2.24) is 10.5 Å². The highest BCUT2D eigenvalue weighted by Gasteiger charge is 2.11. The highest BCUT2D eigenvalue weighted by Crippen LogP contribution is 2.14. The first-order chi connectivity index (χ1) is 10.5. The molecule has 1 aromatic heterocycles. The van der Waals surface area contributed by atoms with Crippen molar-refractivity contribution in [3.8, 4) is 0 Å². The summed E-state index contributed by atoms with van der Waals surface area (Å²) < 4.78 is 5.06. The van der Waals surface area contributed by atoms with Gasteiger partial charge in [0.15, 0.2) is 0 Å². The fourth-order valence-corrected chi connectivity index (χ4v) is 2.15. The monoisotopic (exact) mass is 302 g/mol. The quantitative estimate of drug-likeness (QED) is 0.853. The van der Waals surface area contributed by atoms with Crippen LogP contribution < -0.4 is 5.32 Å². The smallest absolute Gasteiger partial charge is 0.335 e. The SMILES string of the molecule is Cc1noc(C)c1CCC(=O)NCc1ccc(C(=O)O)cc1. The van der Waals surface area contributed by atoms with Crippen LogP contribution in [-0.2, 0) is 17.8 Å². The second kappa shape index (κ2) is 6.89. The van der Waals surface area contributed by atoms with E-state index in [4.69, 9.17) is 9.63 Å². The summed E-state index contributed by atoms with van der Waals surface area (Å²) in [6.07, 6.45) is 0.945. The summed E-state index contributed by atoms with van der Waals surface area (Å²) in [6.45, 7) is 4.06. The molecular weight excluding hydrogens is 284 g/mol. The highest BCUT2D eigenvalue weighted by atomic mass is 16.5. The Balaban J connectivity index is 1.81. The molecule has 0 aliphatic rings. The standard InChI is InChI=1S/C16H18N2O4/c1-10-14(11(2)22-18-10)7-8-15(19)17-9-12-3-5-13(6-4-12)16(20)21/h3-6H,7-9H2,1-2H3,(H,17,19)(H,20,21). The van der Waals surface area contributed by atoms with Crippen molar-refractivity contribution >= 4 is 11.9 Å². The molecule has 6 nitrogen and oxygen atoms in total. The van der Waals surface area contributed by atoms with E-state index in [-0.39, 0.29) is 11.5 Å². The lowest BCUT2D eigenvalue weighted by Crippen LogP contribution is -2.23. The Morgan fingerprint density at radius 2 is 1.91 bits per heavy atom. The van der Waals surface area contributed by atoms with Crippen LogP contribution in [0.3, 0.4) is 0 Å². The molecule has 0 saturated heterocycles. The number of hydrogen-bond donors (Lipinski definition) is 2. The fraction of sp³-hybridized carbons (Fsp3) is 0.312. The lowest BCUT2D eigenvalue weighted by Gasteiger charge is -2.06. The van der Waals surface area contributed by atoms with Gasteiger partial charge in [0.1, 0.15) is 5.76 Å². The molecule has 0 radical (unpaired) electrons. The van der Waals surface area contributed by atoms with Gasteiger partial charge >= 0.3 is 5.97 Å². The molecule has 0 fully saturated rings. The second-order valence-electron chi connectivity index (χ2n) is 5.08. The number of aryl methyl sites for hydroxylation is 2. The highest BCUT2D eigenvalue weighted by molar-refractivity contribution is 5.87. The van der Waals surface area contributed by atoms with E-state index < -0.39 is 5.97 Å². The average molecular weight is 302 g/mol. The Labute approximate surface area is 128 Å². The molecule has 1 amide bonds. The minimum atomic E-state index is -0.963. The molecule has 0 aliphatic heterocycles. The molecule has 0 spiro atoms. The number of benzene rings is 1. The van der Waals surface area contributed by atoms with Crippen molar-refractivity contribution in [1.29, 1.82) is 0 Å². The molecule has 2 N–H and O–H groups in total. The first-order valence-electron chi connectivity index (χ1n) is 6.98. The second-order valence-corrected chi connectivity index (χ2v) is 5.08. The number of carboxylic acid groups (broad SMARTS) is 1. The molecule has 6 heteroatoms. The van der Waals surface area contributed by atoms with Crippen LogP contribution in [0.2, 0.25) is 0 Å². The Hall–Kier alpha value is -2.63. The van der Waals surface area contributed by atoms with E-state index in [1.807, 2.05) is 13.8 Å². The fourth-order valence-electron chi connectivity index (χ4n) is 2.15. The van der Waals surface area contributed by atoms with E-state index in [1.54, 1.807) is 12.1 Å². The summed E-state index contributed by atoms with van der Waals surface area (Å²) in [4.78, 5) is 22.6. The Morgan fingerprint density at radius 3 is 2.45 bits per heavy atom. The van der Waals surface area contributed by atoms with Crippen molar-refractivity contribution in [2.45, 2.75) is 33.2 Å². The zero-order valence-corrected chi connectivity index (χ0v) is 12.5. The maximum Gasteiger partial charge on any atom is 0.335 e. The molecule has 0 atom stereocenters. The van der Waals surface area contributed by atoms with E-state index in [0.717, 1.165) is 22.6 Å². The van der Waals surface area contributed by atoms with E-state index in [0.29, 0.717) is 19.4 Å². The maximum atomic E-state index is 11.9. The van der Waals surface area contributed by atoms with Crippen LogP contribution in [-0.4, -0.2) is 22.1 Å². The van der Waals surface area contributed by atoms with E-state index in [2.05, 4.69) is 10.5 Å². The van der Waals surface area contributed by atoms with Gasteiger partial charge in [-0.05, 0) is 38.0 Å². The van der Waals surface area contributed by atoms with Crippen LogP contribution in [0.15, 0.2) is 28.8 Å². The molecule has 0 aliphatic carbocycles. The van der Waals surface area contributed by atoms with Gasteiger partial charge in [0.2, 0.25) is 5.91 Å². The first kappa shape index (κ1) is 15.8. The van der Waals surface area contributed by atoms with Crippen LogP contribution in [0.5, 0.6) is 0 Å². The van der Waals surface area contributed by atoms with Gasteiger partial charge in [-0.1, -0.05) is 17.3 Å². The molecule has 0 saturated carbocycles. The van der Waals surface area contributed by atoms with Crippen molar-refractivity contribution in [3.05, 3.63) is 52.4 Å². The van der Waals surface area contributed by atoms with Crippen LogP contribution in [0, 0.1) is 13.8 Å². The van der Waals surface area contributed by atoms with Crippen LogP contribution in [0.1, 0.15) is 39.4 Å². The molecule has 0 bridgehead atoms. The zero-order valence-electron chi connectivity index (χ0n) is 12.5. The third-order valence-corrected chi connectivity index (χ3v) is 3.47. The summed E-state index contributed by atoms with van der Waals surface area (Å²) in [5.41, 5.74) is 2.87. The molecule has 1 aromatic carbocycles. The third-order valence-electron chi connectivity index (χ3n) is 3.47. The number of nitrogens with zero attached hydrogens (tertiary/aromatic N) is 1. The lowest BCUT2D eigenvalue weighted by atomic mass is 10.1. The van der Waals surface area contributed by atoms with Gasteiger partial charge in [-0.2, -0.15) is 0 Å². The molecule has 2 aromatic rings. The van der Waals surface area contributed by atoms with Crippen LogP contribution in [0.25, 0.3) is 0 Å². The normalized spacial score (nSPS) is 10.5. The number of carbonyl (C=O) groups is 2. The molecule has 2 rings (SSSR count). The number of nitrogens with one attached hydrogen (secondary N) is 1. The summed E-state index contributed by atoms with van der Waals surface area (Å²) in [5, 5.41) is 15.5. The molecular formula is C16H18N2O4. The van der Waals surface area contributed by atoms with Crippen LogP contribution in [0.4, 0.5) is 0 Å². The van der Waals surface area contributed by atoms with Crippen molar-refractivity contribution < 1.29 is 19.2 Å². The van der Waals surface area contributed by atoms with E-state index >= 15 is 0 Å². The van der Waals surface area contributed by atoms with Crippen molar-refractivity contribution in [3.63, 3.8) is 0 Å².